The van der Waals surface area contributed by atoms with Gasteiger partial charge in [-0.15, -0.1) is 0 Å². The smallest absolute Gasteiger partial charge is 0.391 e. The number of hydrogen-bond acceptors (Lipinski definition) is 2. The fourth-order valence-electron chi connectivity index (χ4n) is 1.70. The summed E-state index contributed by atoms with van der Waals surface area (Å²) in [6, 6.07) is 8.13. The topological polar surface area (TPSA) is 46.2 Å². The molecule has 0 heterocycles. The monoisotopic (exact) mass is 247 g/mol. The Morgan fingerprint density at radius 1 is 1.24 bits per heavy atom. The summed E-state index contributed by atoms with van der Waals surface area (Å²) in [7, 11) is 0. The first-order valence-electron chi connectivity index (χ1n) is 5.39. The standard InChI is InChI=1S/C12H16F3NO/c1-2-10(17)11(16,12(13,14)15)8-9-6-4-3-5-7-9/h3-7,10,17H,2,8,16H2,1H3. The Hall–Kier alpha value is -1.07. The number of aliphatic hydroxyl groups excluding tert-OH is 1. The largest absolute Gasteiger partial charge is 0.409 e. The van der Waals surface area contributed by atoms with Crippen molar-refractivity contribution in [1.29, 1.82) is 0 Å². The van der Waals surface area contributed by atoms with Gasteiger partial charge in [0.2, 0.25) is 0 Å². The lowest BCUT2D eigenvalue weighted by Gasteiger charge is -2.35. The minimum atomic E-state index is -4.64. The maximum atomic E-state index is 12.9. The van der Waals surface area contributed by atoms with Gasteiger partial charge in [-0.2, -0.15) is 13.2 Å². The highest BCUT2D eigenvalue weighted by Gasteiger charge is 2.55. The van der Waals surface area contributed by atoms with E-state index in [2.05, 4.69) is 0 Å². The molecule has 0 spiro atoms. The van der Waals surface area contributed by atoms with Gasteiger partial charge in [0, 0.05) is 6.42 Å². The zero-order valence-electron chi connectivity index (χ0n) is 9.54. The van der Waals surface area contributed by atoms with Crippen LogP contribution in [0, 0.1) is 0 Å². The molecule has 1 aromatic carbocycles. The highest BCUT2D eigenvalue weighted by atomic mass is 19.4. The Morgan fingerprint density at radius 2 is 1.76 bits per heavy atom. The number of aliphatic hydroxyl groups is 1. The molecule has 5 heteroatoms. The van der Waals surface area contributed by atoms with Crippen LogP contribution in [-0.2, 0) is 6.42 Å². The molecule has 0 aliphatic heterocycles. The number of halogens is 3. The van der Waals surface area contributed by atoms with Crippen LogP contribution in [0.2, 0.25) is 0 Å². The van der Waals surface area contributed by atoms with E-state index < -0.39 is 24.2 Å². The van der Waals surface area contributed by atoms with Gasteiger partial charge < -0.3 is 10.8 Å². The lowest BCUT2D eigenvalue weighted by Crippen LogP contribution is -2.63. The summed E-state index contributed by atoms with van der Waals surface area (Å²) < 4.78 is 38.8. The first-order valence-corrected chi connectivity index (χ1v) is 5.39. The maximum Gasteiger partial charge on any atom is 0.409 e. The molecule has 2 nitrogen and oxygen atoms in total. The van der Waals surface area contributed by atoms with Gasteiger partial charge in [0.15, 0.2) is 0 Å². The van der Waals surface area contributed by atoms with Crippen molar-refractivity contribution in [2.75, 3.05) is 0 Å². The van der Waals surface area contributed by atoms with Crippen LogP contribution in [0.1, 0.15) is 18.9 Å². The molecule has 2 unspecified atom stereocenters. The zero-order chi connectivity index (χ0) is 13.1. The van der Waals surface area contributed by atoms with E-state index in [9.17, 15) is 18.3 Å². The summed E-state index contributed by atoms with van der Waals surface area (Å²) in [6.07, 6.45) is -6.71. The van der Waals surface area contributed by atoms with Crippen LogP contribution in [0.25, 0.3) is 0 Å². The number of alkyl halides is 3. The molecule has 2 atom stereocenters. The first kappa shape index (κ1) is 14.0. The van der Waals surface area contributed by atoms with Gasteiger partial charge in [0.25, 0.3) is 0 Å². The second kappa shape index (κ2) is 5.06. The average molecular weight is 247 g/mol. The molecule has 1 rings (SSSR count). The van der Waals surface area contributed by atoms with Crippen molar-refractivity contribution in [1.82, 2.24) is 0 Å². The lowest BCUT2D eigenvalue weighted by atomic mass is 9.84. The molecular weight excluding hydrogens is 231 g/mol. The summed E-state index contributed by atoms with van der Waals surface area (Å²) in [5.41, 5.74) is 3.25. The molecule has 3 N–H and O–H groups in total. The fraction of sp³-hybridized carbons (Fsp3) is 0.500. The van der Waals surface area contributed by atoms with E-state index in [0.717, 1.165) is 0 Å². The highest BCUT2D eigenvalue weighted by molar-refractivity contribution is 5.19. The quantitative estimate of drug-likeness (QED) is 0.857. The number of rotatable bonds is 4. The summed E-state index contributed by atoms with van der Waals surface area (Å²) >= 11 is 0. The van der Waals surface area contributed by atoms with Crippen LogP contribution in [0.5, 0.6) is 0 Å². The molecule has 0 saturated carbocycles. The second-order valence-corrected chi connectivity index (χ2v) is 4.12. The molecule has 0 radical (unpaired) electrons. The summed E-state index contributed by atoms with van der Waals surface area (Å²) in [6.45, 7) is 1.48. The minimum Gasteiger partial charge on any atom is -0.391 e. The van der Waals surface area contributed by atoms with Crippen LogP contribution >= 0.6 is 0 Å². The average Bonchev–Trinajstić information content (AvgIpc) is 2.27. The third-order valence-corrected chi connectivity index (χ3v) is 2.85. The Labute approximate surface area is 98.3 Å². The van der Waals surface area contributed by atoms with Gasteiger partial charge in [0.1, 0.15) is 5.54 Å². The molecule has 0 aliphatic rings. The van der Waals surface area contributed by atoms with Gasteiger partial charge >= 0.3 is 6.18 Å². The lowest BCUT2D eigenvalue weighted by molar-refractivity contribution is -0.212. The van der Waals surface area contributed by atoms with Gasteiger partial charge in [0.05, 0.1) is 6.10 Å². The van der Waals surface area contributed by atoms with Gasteiger partial charge in [-0.05, 0) is 12.0 Å². The molecule has 0 aromatic heterocycles. The number of nitrogens with two attached hydrogens (primary N) is 1. The summed E-state index contributed by atoms with van der Waals surface area (Å²) in [5, 5.41) is 9.53. The van der Waals surface area contributed by atoms with Crippen LogP contribution in [0.15, 0.2) is 30.3 Å². The van der Waals surface area contributed by atoms with E-state index in [-0.39, 0.29) is 6.42 Å². The van der Waals surface area contributed by atoms with Crippen molar-refractivity contribution in [3.63, 3.8) is 0 Å². The van der Waals surface area contributed by atoms with E-state index >= 15 is 0 Å². The van der Waals surface area contributed by atoms with E-state index in [1.165, 1.54) is 6.92 Å². The van der Waals surface area contributed by atoms with Crippen molar-refractivity contribution in [3.8, 4) is 0 Å². The Kier molecular flexibility index (Phi) is 4.16. The molecule has 17 heavy (non-hydrogen) atoms. The van der Waals surface area contributed by atoms with Crippen molar-refractivity contribution >= 4 is 0 Å². The molecule has 0 saturated heterocycles. The Balaban J connectivity index is 3.01. The van der Waals surface area contributed by atoms with Crippen molar-refractivity contribution in [2.24, 2.45) is 5.73 Å². The van der Waals surface area contributed by atoms with E-state index in [1.54, 1.807) is 30.3 Å². The summed E-state index contributed by atoms with van der Waals surface area (Å²) in [5.74, 6) is 0. The first-order chi connectivity index (χ1) is 7.81. The van der Waals surface area contributed by atoms with Crippen LogP contribution in [0.4, 0.5) is 13.2 Å². The van der Waals surface area contributed by atoms with Gasteiger partial charge in [-0.3, -0.25) is 0 Å². The van der Waals surface area contributed by atoms with E-state index in [0.29, 0.717) is 5.56 Å². The fourth-order valence-corrected chi connectivity index (χ4v) is 1.70. The van der Waals surface area contributed by atoms with E-state index in [4.69, 9.17) is 5.73 Å². The van der Waals surface area contributed by atoms with Gasteiger partial charge in [-0.1, -0.05) is 37.3 Å². The SMILES string of the molecule is CCC(O)C(N)(Cc1ccccc1)C(F)(F)F. The normalized spacial score (nSPS) is 17.5. The van der Waals surface area contributed by atoms with Crippen LogP contribution in [0.3, 0.4) is 0 Å². The van der Waals surface area contributed by atoms with Crippen molar-refractivity contribution in [3.05, 3.63) is 35.9 Å². The molecule has 0 bridgehead atoms. The molecule has 0 amide bonds. The van der Waals surface area contributed by atoms with Crippen LogP contribution < -0.4 is 5.73 Å². The second-order valence-electron chi connectivity index (χ2n) is 4.12. The Morgan fingerprint density at radius 3 is 2.18 bits per heavy atom. The van der Waals surface area contributed by atoms with E-state index in [1.807, 2.05) is 0 Å². The number of benzene rings is 1. The Bertz CT molecular complexity index is 353. The molecule has 0 fully saturated rings. The minimum absolute atomic E-state index is 0.0388. The van der Waals surface area contributed by atoms with Crippen LogP contribution in [-0.4, -0.2) is 22.9 Å². The van der Waals surface area contributed by atoms with Crippen molar-refractivity contribution in [2.45, 2.75) is 37.6 Å². The molecule has 96 valence electrons. The highest BCUT2D eigenvalue weighted by Crippen LogP contribution is 2.35. The molecule has 1 aromatic rings. The number of hydrogen-bond donors (Lipinski definition) is 2. The maximum absolute atomic E-state index is 12.9. The predicted octanol–water partition coefficient (Wildman–Crippen LogP) is 2.26. The predicted molar refractivity (Wildman–Crippen MR) is 59.4 cm³/mol. The van der Waals surface area contributed by atoms with Crippen molar-refractivity contribution < 1.29 is 18.3 Å². The summed E-state index contributed by atoms with van der Waals surface area (Å²) in [4.78, 5) is 0. The third kappa shape index (κ3) is 2.98. The van der Waals surface area contributed by atoms with Gasteiger partial charge in [-0.25, -0.2) is 0 Å². The molecular formula is C12H16F3NO. The third-order valence-electron chi connectivity index (χ3n) is 2.85. The molecule has 0 aliphatic carbocycles. The zero-order valence-corrected chi connectivity index (χ0v) is 9.54.